The second-order valence-electron chi connectivity index (χ2n) is 2.57. The molecule has 0 spiro atoms. The summed E-state index contributed by atoms with van der Waals surface area (Å²) in [6.45, 7) is 2.20. The lowest BCUT2D eigenvalue weighted by atomic mass is 10.3. The molecule has 0 aliphatic heterocycles. The molecule has 0 aromatic rings. The number of rotatable bonds is 8. The van der Waals surface area contributed by atoms with Crippen LogP contribution in [0.3, 0.4) is 0 Å². The highest BCUT2D eigenvalue weighted by Gasteiger charge is 1.95. The fourth-order valence-electron chi connectivity index (χ4n) is 0.779. The Labute approximate surface area is 72.9 Å². The van der Waals surface area contributed by atoms with E-state index in [0.29, 0.717) is 19.6 Å². The standard InChI is InChI=1S/C8H17NO3/c1-9-5-3-7-12-6-2-4-8(10)11/h9H,2-7H2,1H3,(H,10,11). The van der Waals surface area contributed by atoms with E-state index in [1.54, 1.807) is 0 Å². The van der Waals surface area contributed by atoms with Gasteiger partial charge in [-0.15, -0.1) is 0 Å². The fourth-order valence-corrected chi connectivity index (χ4v) is 0.779. The lowest BCUT2D eigenvalue weighted by molar-refractivity contribution is -0.137. The SMILES string of the molecule is CNCCCOCCCC(=O)O. The van der Waals surface area contributed by atoms with E-state index in [-0.39, 0.29) is 6.42 Å². The molecule has 0 amide bonds. The van der Waals surface area contributed by atoms with Crippen molar-refractivity contribution in [2.75, 3.05) is 26.8 Å². The van der Waals surface area contributed by atoms with Crippen molar-refractivity contribution >= 4 is 5.97 Å². The van der Waals surface area contributed by atoms with Crippen molar-refractivity contribution in [2.45, 2.75) is 19.3 Å². The van der Waals surface area contributed by atoms with Gasteiger partial charge in [-0.3, -0.25) is 4.79 Å². The Morgan fingerprint density at radius 1 is 1.42 bits per heavy atom. The predicted molar refractivity (Wildman–Crippen MR) is 46.2 cm³/mol. The molecule has 12 heavy (non-hydrogen) atoms. The number of nitrogens with one attached hydrogen (secondary N) is 1. The van der Waals surface area contributed by atoms with E-state index in [4.69, 9.17) is 9.84 Å². The molecular weight excluding hydrogens is 158 g/mol. The Kier molecular flexibility index (Phi) is 8.05. The molecule has 0 rings (SSSR count). The monoisotopic (exact) mass is 175 g/mol. The van der Waals surface area contributed by atoms with Crippen molar-refractivity contribution in [2.24, 2.45) is 0 Å². The molecule has 0 aliphatic rings. The van der Waals surface area contributed by atoms with Gasteiger partial charge in [-0.25, -0.2) is 0 Å². The third-order valence-corrected chi connectivity index (χ3v) is 1.39. The molecule has 2 N–H and O–H groups in total. The summed E-state index contributed by atoms with van der Waals surface area (Å²) in [4.78, 5) is 10.1. The summed E-state index contributed by atoms with van der Waals surface area (Å²) in [5, 5.41) is 11.3. The first-order chi connectivity index (χ1) is 5.77. The molecule has 0 unspecified atom stereocenters. The first-order valence-electron chi connectivity index (χ1n) is 4.21. The zero-order valence-electron chi connectivity index (χ0n) is 7.51. The molecule has 0 fully saturated rings. The Balaban J connectivity index is 2.86. The number of ether oxygens (including phenoxy) is 1. The van der Waals surface area contributed by atoms with E-state index in [2.05, 4.69) is 5.32 Å². The van der Waals surface area contributed by atoms with Crippen LogP contribution in [0, 0.1) is 0 Å². The Morgan fingerprint density at radius 2 is 2.08 bits per heavy atom. The van der Waals surface area contributed by atoms with Gasteiger partial charge in [0.1, 0.15) is 0 Å². The summed E-state index contributed by atoms with van der Waals surface area (Å²) < 4.78 is 5.18. The zero-order chi connectivity index (χ0) is 9.23. The number of carboxylic acids is 1. The molecule has 0 saturated carbocycles. The van der Waals surface area contributed by atoms with Gasteiger partial charge in [-0.05, 0) is 26.4 Å². The fraction of sp³-hybridized carbons (Fsp3) is 0.875. The van der Waals surface area contributed by atoms with Crippen LogP contribution in [0.5, 0.6) is 0 Å². The van der Waals surface area contributed by atoms with Crippen LogP contribution in [-0.2, 0) is 9.53 Å². The van der Waals surface area contributed by atoms with E-state index in [1.165, 1.54) is 0 Å². The quantitative estimate of drug-likeness (QED) is 0.527. The van der Waals surface area contributed by atoms with Gasteiger partial charge >= 0.3 is 5.97 Å². The molecule has 0 bridgehead atoms. The summed E-state index contributed by atoms with van der Waals surface area (Å²) in [6, 6.07) is 0. The van der Waals surface area contributed by atoms with Crippen molar-refractivity contribution in [3.63, 3.8) is 0 Å². The zero-order valence-corrected chi connectivity index (χ0v) is 7.51. The maximum Gasteiger partial charge on any atom is 0.303 e. The van der Waals surface area contributed by atoms with E-state index in [1.807, 2.05) is 7.05 Å². The third kappa shape index (κ3) is 9.39. The van der Waals surface area contributed by atoms with Crippen molar-refractivity contribution in [3.8, 4) is 0 Å². The van der Waals surface area contributed by atoms with Crippen LogP contribution in [-0.4, -0.2) is 37.9 Å². The highest BCUT2D eigenvalue weighted by Crippen LogP contribution is 1.90. The molecular formula is C8H17NO3. The van der Waals surface area contributed by atoms with Crippen LogP contribution in [0.2, 0.25) is 0 Å². The summed E-state index contributed by atoms with van der Waals surface area (Å²) in [5.41, 5.74) is 0. The average molecular weight is 175 g/mol. The maximum absolute atomic E-state index is 10.1. The van der Waals surface area contributed by atoms with Gasteiger partial charge in [0.05, 0.1) is 0 Å². The third-order valence-electron chi connectivity index (χ3n) is 1.39. The Morgan fingerprint density at radius 3 is 2.67 bits per heavy atom. The van der Waals surface area contributed by atoms with Gasteiger partial charge < -0.3 is 15.2 Å². The highest BCUT2D eigenvalue weighted by molar-refractivity contribution is 5.66. The highest BCUT2D eigenvalue weighted by atomic mass is 16.5. The van der Waals surface area contributed by atoms with Crippen LogP contribution in [0.25, 0.3) is 0 Å². The maximum atomic E-state index is 10.1. The molecule has 4 heteroatoms. The van der Waals surface area contributed by atoms with Crippen molar-refractivity contribution in [1.29, 1.82) is 0 Å². The lowest BCUT2D eigenvalue weighted by Gasteiger charge is -2.01. The van der Waals surface area contributed by atoms with Crippen molar-refractivity contribution in [1.82, 2.24) is 5.32 Å². The smallest absolute Gasteiger partial charge is 0.303 e. The minimum absolute atomic E-state index is 0.200. The number of carbonyl (C=O) groups is 1. The largest absolute Gasteiger partial charge is 0.481 e. The number of hydrogen-bond acceptors (Lipinski definition) is 3. The van der Waals surface area contributed by atoms with Crippen molar-refractivity contribution < 1.29 is 14.6 Å². The van der Waals surface area contributed by atoms with Gasteiger partial charge in [0.15, 0.2) is 0 Å². The minimum atomic E-state index is -0.756. The second kappa shape index (κ2) is 8.49. The summed E-state index contributed by atoms with van der Waals surface area (Å²) in [5.74, 6) is -0.756. The van der Waals surface area contributed by atoms with Crippen LogP contribution in [0.1, 0.15) is 19.3 Å². The normalized spacial score (nSPS) is 10.1. The Bertz CT molecular complexity index is 117. The molecule has 0 radical (unpaired) electrons. The summed E-state index contributed by atoms with van der Waals surface area (Å²) in [6.07, 6.45) is 1.78. The summed E-state index contributed by atoms with van der Waals surface area (Å²) in [7, 11) is 1.89. The van der Waals surface area contributed by atoms with E-state index < -0.39 is 5.97 Å². The van der Waals surface area contributed by atoms with Gasteiger partial charge in [0.25, 0.3) is 0 Å². The second-order valence-corrected chi connectivity index (χ2v) is 2.57. The molecule has 0 saturated heterocycles. The molecule has 0 heterocycles. The molecule has 72 valence electrons. The van der Waals surface area contributed by atoms with Crippen LogP contribution >= 0.6 is 0 Å². The first-order valence-corrected chi connectivity index (χ1v) is 4.21. The minimum Gasteiger partial charge on any atom is -0.481 e. The lowest BCUT2D eigenvalue weighted by Crippen LogP contribution is -2.11. The molecule has 4 nitrogen and oxygen atoms in total. The first kappa shape index (κ1) is 11.4. The van der Waals surface area contributed by atoms with Gasteiger partial charge in [0.2, 0.25) is 0 Å². The predicted octanol–water partition coefficient (Wildman–Crippen LogP) is 0.477. The molecule has 0 aromatic heterocycles. The molecule has 0 aliphatic carbocycles. The molecule has 0 aromatic carbocycles. The Hall–Kier alpha value is -0.610. The van der Waals surface area contributed by atoms with Crippen LogP contribution < -0.4 is 5.32 Å². The average Bonchev–Trinajstić information content (AvgIpc) is 2.02. The topological polar surface area (TPSA) is 58.6 Å². The van der Waals surface area contributed by atoms with Crippen LogP contribution in [0.4, 0.5) is 0 Å². The van der Waals surface area contributed by atoms with E-state index in [0.717, 1.165) is 13.0 Å². The van der Waals surface area contributed by atoms with E-state index >= 15 is 0 Å². The van der Waals surface area contributed by atoms with Gasteiger partial charge in [0, 0.05) is 19.6 Å². The van der Waals surface area contributed by atoms with Crippen molar-refractivity contribution in [3.05, 3.63) is 0 Å². The summed E-state index contributed by atoms with van der Waals surface area (Å²) >= 11 is 0. The van der Waals surface area contributed by atoms with E-state index in [9.17, 15) is 4.79 Å². The number of aliphatic carboxylic acids is 1. The van der Waals surface area contributed by atoms with Gasteiger partial charge in [-0.2, -0.15) is 0 Å². The number of hydrogen-bond donors (Lipinski definition) is 2. The van der Waals surface area contributed by atoms with Crippen LogP contribution in [0.15, 0.2) is 0 Å². The number of carboxylic acid groups (broad SMARTS) is 1. The molecule has 0 atom stereocenters. The van der Waals surface area contributed by atoms with Gasteiger partial charge in [-0.1, -0.05) is 0 Å².